The maximum absolute atomic E-state index is 12.7. The Morgan fingerprint density at radius 1 is 0.926 bits per heavy atom. The van der Waals surface area contributed by atoms with E-state index in [-0.39, 0.29) is 19.1 Å². The topological polar surface area (TPSA) is 76.2 Å². The summed E-state index contributed by atoms with van der Waals surface area (Å²) in [6.45, 7) is 2.19. The largest absolute Gasteiger partial charge is 0.454 e. The molecule has 0 aliphatic carbocycles. The molecule has 0 bridgehead atoms. The number of carbonyl (C=O) groups is 1. The minimum absolute atomic E-state index is 0.0207. The zero-order valence-electron chi connectivity index (χ0n) is 14.7. The number of rotatable bonds is 5. The van der Waals surface area contributed by atoms with Crippen molar-refractivity contribution in [2.75, 3.05) is 39.5 Å². The molecule has 2 heterocycles. The molecule has 2 aromatic carbocycles. The third-order valence-electron chi connectivity index (χ3n) is 4.77. The highest BCUT2D eigenvalue weighted by Gasteiger charge is 2.29. The lowest BCUT2D eigenvalue weighted by Gasteiger charge is -2.33. The van der Waals surface area contributed by atoms with Gasteiger partial charge in [-0.15, -0.1) is 0 Å². The molecule has 0 amide bonds. The van der Waals surface area contributed by atoms with Crippen LogP contribution in [0.15, 0.2) is 53.4 Å². The fourth-order valence-corrected chi connectivity index (χ4v) is 4.68. The first-order valence-corrected chi connectivity index (χ1v) is 10.2. The number of hydrogen-bond acceptors (Lipinski definition) is 6. The van der Waals surface area contributed by atoms with Crippen LogP contribution in [0, 0.1) is 0 Å². The van der Waals surface area contributed by atoms with Gasteiger partial charge in [-0.25, -0.2) is 8.42 Å². The van der Waals surface area contributed by atoms with Crippen LogP contribution in [0.1, 0.15) is 10.4 Å². The molecule has 0 N–H and O–H groups in total. The number of ketones is 1. The van der Waals surface area contributed by atoms with Crippen molar-refractivity contribution in [3.05, 3.63) is 54.1 Å². The summed E-state index contributed by atoms with van der Waals surface area (Å²) in [7, 11) is -3.48. The lowest BCUT2D eigenvalue weighted by atomic mass is 10.1. The number of carbonyl (C=O) groups excluding carboxylic acids is 1. The normalized spacial score (nSPS) is 17.8. The van der Waals surface area contributed by atoms with E-state index in [0.29, 0.717) is 48.1 Å². The second-order valence-corrected chi connectivity index (χ2v) is 8.42. The molecule has 27 heavy (non-hydrogen) atoms. The van der Waals surface area contributed by atoms with Crippen molar-refractivity contribution in [3.8, 4) is 11.5 Å². The average Bonchev–Trinajstić information content (AvgIpc) is 3.17. The van der Waals surface area contributed by atoms with Gasteiger partial charge in [-0.05, 0) is 30.3 Å². The second-order valence-electron chi connectivity index (χ2n) is 6.48. The van der Waals surface area contributed by atoms with E-state index in [1.807, 2.05) is 4.90 Å². The van der Waals surface area contributed by atoms with Crippen molar-refractivity contribution in [1.29, 1.82) is 0 Å². The van der Waals surface area contributed by atoms with E-state index >= 15 is 0 Å². The van der Waals surface area contributed by atoms with Crippen molar-refractivity contribution in [3.63, 3.8) is 0 Å². The number of benzene rings is 2. The van der Waals surface area contributed by atoms with Gasteiger partial charge in [0, 0.05) is 31.7 Å². The highest BCUT2D eigenvalue weighted by atomic mass is 32.2. The quantitative estimate of drug-likeness (QED) is 0.725. The Hall–Kier alpha value is -2.42. The summed E-state index contributed by atoms with van der Waals surface area (Å²) in [6.07, 6.45) is 0. The maximum atomic E-state index is 12.7. The molecule has 2 aliphatic heterocycles. The molecule has 1 saturated heterocycles. The Kier molecular flexibility index (Phi) is 4.86. The lowest BCUT2D eigenvalue weighted by Crippen LogP contribution is -2.49. The Balaban J connectivity index is 1.36. The molecule has 0 unspecified atom stereocenters. The highest BCUT2D eigenvalue weighted by molar-refractivity contribution is 7.89. The van der Waals surface area contributed by atoms with E-state index in [9.17, 15) is 13.2 Å². The molecular weight excluding hydrogens is 368 g/mol. The van der Waals surface area contributed by atoms with Crippen molar-refractivity contribution in [2.45, 2.75) is 4.90 Å². The summed E-state index contributed by atoms with van der Waals surface area (Å²) in [5, 5.41) is 0. The molecule has 2 aliphatic rings. The van der Waals surface area contributed by atoms with Crippen LogP contribution in [0.4, 0.5) is 0 Å². The van der Waals surface area contributed by atoms with Crippen LogP contribution in [0.5, 0.6) is 11.5 Å². The maximum Gasteiger partial charge on any atom is 0.243 e. The first-order valence-electron chi connectivity index (χ1n) is 8.74. The van der Waals surface area contributed by atoms with E-state index in [1.54, 1.807) is 48.5 Å². The van der Waals surface area contributed by atoms with Crippen LogP contribution in [0.2, 0.25) is 0 Å². The minimum atomic E-state index is -3.48. The van der Waals surface area contributed by atoms with Crippen molar-refractivity contribution >= 4 is 15.8 Å². The number of nitrogens with zero attached hydrogens (tertiary/aromatic N) is 2. The Morgan fingerprint density at radius 3 is 2.37 bits per heavy atom. The number of ether oxygens (including phenoxy) is 2. The molecule has 142 valence electrons. The van der Waals surface area contributed by atoms with Gasteiger partial charge in [0.2, 0.25) is 16.8 Å². The number of sulfonamides is 1. The predicted molar refractivity (Wildman–Crippen MR) is 98.5 cm³/mol. The summed E-state index contributed by atoms with van der Waals surface area (Å²) in [5.74, 6) is 1.21. The van der Waals surface area contributed by atoms with Gasteiger partial charge in [-0.1, -0.05) is 18.2 Å². The summed E-state index contributed by atoms with van der Waals surface area (Å²) < 4.78 is 37.4. The first kappa shape index (κ1) is 18.0. The third kappa shape index (κ3) is 3.69. The lowest BCUT2D eigenvalue weighted by molar-refractivity contribution is 0.0901. The van der Waals surface area contributed by atoms with Gasteiger partial charge in [-0.3, -0.25) is 9.69 Å². The van der Waals surface area contributed by atoms with Crippen LogP contribution < -0.4 is 9.47 Å². The molecule has 0 radical (unpaired) electrons. The monoisotopic (exact) mass is 388 g/mol. The van der Waals surface area contributed by atoms with Crippen molar-refractivity contribution in [1.82, 2.24) is 9.21 Å². The van der Waals surface area contributed by atoms with Crippen molar-refractivity contribution < 1.29 is 22.7 Å². The summed E-state index contributed by atoms with van der Waals surface area (Å²) >= 11 is 0. The summed E-state index contributed by atoms with van der Waals surface area (Å²) in [4.78, 5) is 14.8. The smallest absolute Gasteiger partial charge is 0.243 e. The van der Waals surface area contributed by atoms with Crippen LogP contribution in [-0.2, 0) is 10.0 Å². The van der Waals surface area contributed by atoms with Gasteiger partial charge < -0.3 is 9.47 Å². The molecular formula is C19H20N2O5S. The zero-order chi connectivity index (χ0) is 18.9. The van der Waals surface area contributed by atoms with E-state index in [2.05, 4.69) is 0 Å². The number of Topliss-reactive ketones (excluding diaryl/α,β-unsaturated/α-hetero) is 1. The van der Waals surface area contributed by atoms with Gasteiger partial charge >= 0.3 is 0 Å². The molecule has 2 aromatic rings. The van der Waals surface area contributed by atoms with Crippen LogP contribution in [-0.4, -0.2) is 62.9 Å². The van der Waals surface area contributed by atoms with Gasteiger partial charge in [-0.2, -0.15) is 4.31 Å². The Morgan fingerprint density at radius 2 is 1.63 bits per heavy atom. The SMILES string of the molecule is O=C(CN1CCN(S(=O)(=O)c2ccccc2)CC1)c1ccc2c(c1)OCO2. The van der Waals surface area contributed by atoms with Crippen LogP contribution >= 0.6 is 0 Å². The predicted octanol–water partition coefficient (Wildman–Crippen LogP) is 1.60. The van der Waals surface area contributed by atoms with Gasteiger partial charge in [0.25, 0.3) is 0 Å². The van der Waals surface area contributed by atoms with E-state index < -0.39 is 10.0 Å². The molecule has 4 rings (SSSR count). The summed E-state index contributed by atoms with van der Waals surface area (Å²) in [5.41, 5.74) is 0.568. The van der Waals surface area contributed by atoms with Crippen LogP contribution in [0.3, 0.4) is 0 Å². The molecule has 0 spiro atoms. The third-order valence-corrected chi connectivity index (χ3v) is 6.69. The fourth-order valence-electron chi connectivity index (χ4n) is 3.23. The van der Waals surface area contributed by atoms with Gasteiger partial charge in [0.1, 0.15) is 0 Å². The molecule has 0 aromatic heterocycles. The van der Waals surface area contributed by atoms with E-state index in [4.69, 9.17) is 9.47 Å². The second kappa shape index (κ2) is 7.30. The standard InChI is InChI=1S/C19H20N2O5S/c22-17(15-6-7-18-19(12-15)26-14-25-18)13-20-8-10-21(11-9-20)27(23,24)16-4-2-1-3-5-16/h1-7,12H,8-11,13-14H2. The van der Waals surface area contributed by atoms with E-state index in [0.717, 1.165) is 0 Å². The molecule has 0 saturated carbocycles. The van der Waals surface area contributed by atoms with Gasteiger partial charge in [0.15, 0.2) is 17.3 Å². The molecule has 1 fully saturated rings. The first-order chi connectivity index (χ1) is 13.0. The fraction of sp³-hybridized carbons (Fsp3) is 0.316. The van der Waals surface area contributed by atoms with Crippen molar-refractivity contribution in [2.24, 2.45) is 0 Å². The number of hydrogen-bond donors (Lipinski definition) is 0. The Bertz CT molecular complexity index is 938. The zero-order valence-corrected chi connectivity index (χ0v) is 15.5. The summed E-state index contributed by atoms with van der Waals surface area (Å²) in [6, 6.07) is 13.6. The molecule has 7 nitrogen and oxygen atoms in total. The van der Waals surface area contributed by atoms with Crippen LogP contribution in [0.25, 0.3) is 0 Å². The molecule has 8 heteroatoms. The van der Waals surface area contributed by atoms with Gasteiger partial charge in [0.05, 0.1) is 11.4 Å². The Labute approximate surface area is 158 Å². The number of piperazine rings is 1. The minimum Gasteiger partial charge on any atom is -0.454 e. The van der Waals surface area contributed by atoms with E-state index in [1.165, 1.54) is 4.31 Å². The highest BCUT2D eigenvalue weighted by Crippen LogP contribution is 2.32. The number of fused-ring (bicyclic) bond motifs is 1. The average molecular weight is 388 g/mol. The molecule has 0 atom stereocenters.